The number of para-hydroxylation sites is 1. The third-order valence-electron chi connectivity index (χ3n) is 4.33. The molecular formula is C23H19N3O3S2. The van der Waals surface area contributed by atoms with Gasteiger partial charge in [0.2, 0.25) is 5.91 Å². The molecule has 0 unspecified atom stereocenters. The van der Waals surface area contributed by atoms with Gasteiger partial charge in [-0.2, -0.15) is 11.3 Å². The monoisotopic (exact) mass is 449 g/mol. The van der Waals surface area contributed by atoms with Gasteiger partial charge in [0, 0.05) is 21.9 Å². The van der Waals surface area contributed by atoms with E-state index in [1.165, 1.54) is 11.3 Å². The summed E-state index contributed by atoms with van der Waals surface area (Å²) >= 11 is 3.09. The molecule has 0 bridgehead atoms. The summed E-state index contributed by atoms with van der Waals surface area (Å²) in [5.41, 5.74) is 8.38. The van der Waals surface area contributed by atoms with Crippen LogP contribution in [0.25, 0.3) is 21.7 Å². The van der Waals surface area contributed by atoms with Crippen molar-refractivity contribution in [3.63, 3.8) is 0 Å². The molecule has 2 N–H and O–H groups in total. The highest BCUT2D eigenvalue weighted by Gasteiger charge is 2.12. The molecule has 31 heavy (non-hydrogen) atoms. The molecule has 6 nitrogen and oxygen atoms in total. The first kappa shape index (κ1) is 20.8. The van der Waals surface area contributed by atoms with Gasteiger partial charge >= 0.3 is 0 Å². The van der Waals surface area contributed by atoms with Crippen molar-refractivity contribution in [2.24, 2.45) is 0 Å². The summed E-state index contributed by atoms with van der Waals surface area (Å²) < 4.78 is 5.68. The number of ether oxygens (including phenoxy) is 1. The maximum atomic E-state index is 12.1. The number of thiophene rings is 1. The number of thiazole rings is 1. The maximum absolute atomic E-state index is 12.1. The second kappa shape index (κ2) is 10.0. The van der Waals surface area contributed by atoms with Crippen LogP contribution in [0.5, 0.6) is 5.75 Å². The van der Waals surface area contributed by atoms with Gasteiger partial charge in [-0.25, -0.2) is 4.98 Å². The highest BCUT2D eigenvalue weighted by atomic mass is 32.1. The Morgan fingerprint density at radius 2 is 1.65 bits per heavy atom. The topological polar surface area (TPSA) is 80.3 Å². The van der Waals surface area contributed by atoms with Crippen molar-refractivity contribution in [1.29, 1.82) is 0 Å². The second-order valence-corrected chi connectivity index (χ2v) is 8.22. The lowest BCUT2D eigenvalue weighted by molar-refractivity contribution is -0.129. The van der Waals surface area contributed by atoms with E-state index in [0.29, 0.717) is 11.4 Å². The number of amides is 2. The van der Waals surface area contributed by atoms with E-state index in [2.05, 4.69) is 15.8 Å². The standard InChI is InChI=1S/C23H19N3O3S2/c27-21(12-18-15-31-23(24-18)17-10-11-30-14-17)25-26-22(28)13-29-20-9-5-4-8-19(20)16-6-2-1-3-7-16/h1-11,14-15H,12-13H2,(H,25,27)(H,26,28). The fourth-order valence-electron chi connectivity index (χ4n) is 2.88. The van der Waals surface area contributed by atoms with E-state index in [-0.39, 0.29) is 18.9 Å². The summed E-state index contributed by atoms with van der Waals surface area (Å²) in [5, 5.41) is 6.72. The van der Waals surface area contributed by atoms with Crippen LogP contribution in [0.2, 0.25) is 0 Å². The average molecular weight is 450 g/mol. The number of hydrazine groups is 1. The molecule has 4 aromatic rings. The molecule has 0 saturated carbocycles. The summed E-state index contributed by atoms with van der Waals surface area (Å²) in [4.78, 5) is 28.7. The van der Waals surface area contributed by atoms with Crippen LogP contribution in [0.3, 0.4) is 0 Å². The van der Waals surface area contributed by atoms with Gasteiger partial charge < -0.3 is 4.74 Å². The van der Waals surface area contributed by atoms with Crippen molar-refractivity contribution in [3.8, 4) is 27.4 Å². The molecule has 156 valence electrons. The fourth-order valence-corrected chi connectivity index (χ4v) is 4.41. The zero-order valence-electron chi connectivity index (χ0n) is 16.4. The lowest BCUT2D eigenvalue weighted by Crippen LogP contribution is -2.44. The molecular weight excluding hydrogens is 430 g/mol. The van der Waals surface area contributed by atoms with E-state index in [4.69, 9.17) is 4.74 Å². The van der Waals surface area contributed by atoms with E-state index in [9.17, 15) is 9.59 Å². The lowest BCUT2D eigenvalue weighted by atomic mass is 10.1. The number of benzene rings is 2. The number of aromatic nitrogens is 1. The van der Waals surface area contributed by atoms with Crippen molar-refractivity contribution in [2.75, 3.05) is 6.61 Å². The number of rotatable bonds is 7. The Morgan fingerprint density at radius 3 is 2.45 bits per heavy atom. The molecule has 0 aliphatic rings. The van der Waals surface area contributed by atoms with Crippen LogP contribution in [0.15, 0.2) is 76.8 Å². The van der Waals surface area contributed by atoms with Gasteiger partial charge in [-0.05, 0) is 23.1 Å². The first-order chi connectivity index (χ1) is 15.2. The van der Waals surface area contributed by atoms with Crippen LogP contribution in [0.1, 0.15) is 5.69 Å². The molecule has 0 atom stereocenters. The molecule has 0 aliphatic carbocycles. The van der Waals surface area contributed by atoms with Crippen molar-refractivity contribution >= 4 is 34.5 Å². The molecule has 0 saturated heterocycles. The molecule has 0 spiro atoms. The number of nitrogens with one attached hydrogen (secondary N) is 2. The van der Waals surface area contributed by atoms with Gasteiger partial charge in [0.15, 0.2) is 6.61 Å². The molecule has 0 aliphatic heterocycles. The predicted octanol–water partition coefficient (Wildman–Crippen LogP) is 4.31. The van der Waals surface area contributed by atoms with Crippen LogP contribution in [-0.2, 0) is 16.0 Å². The Hall–Kier alpha value is -3.49. The number of hydrogen-bond donors (Lipinski definition) is 2. The fraction of sp³-hybridized carbons (Fsp3) is 0.0870. The Morgan fingerprint density at radius 1 is 0.871 bits per heavy atom. The van der Waals surface area contributed by atoms with Gasteiger partial charge in [-0.3, -0.25) is 20.4 Å². The van der Waals surface area contributed by atoms with E-state index in [1.807, 2.05) is 76.8 Å². The van der Waals surface area contributed by atoms with Crippen LogP contribution in [0, 0.1) is 0 Å². The number of carbonyl (C=O) groups excluding carboxylic acids is 2. The van der Waals surface area contributed by atoms with Crippen LogP contribution in [-0.4, -0.2) is 23.4 Å². The van der Waals surface area contributed by atoms with E-state index in [0.717, 1.165) is 21.7 Å². The molecule has 0 radical (unpaired) electrons. The predicted molar refractivity (Wildman–Crippen MR) is 123 cm³/mol. The number of hydrogen-bond acceptors (Lipinski definition) is 6. The van der Waals surface area contributed by atoms with Gasteiger partial charge in [0.25, 0.3) is 5.91 Å². The van der Waals surface area contributed by atoms with Crippen molar-refractivity contribution in [1.82, 2.24) is 15.8 Å². The summed E-state index contributed by atoms with van der Waals surface area (Å²) in [6.07, 6.45) is 0.0820. The van der Waals surface area contributed by atoms with Crippen LogP contribution < -0.4 is 15.6 Å². The normalized spacial score (nSPS) is 10.5. The smallest absolute Gasteiger partial charge is 0.276 e. The van der Waals surface area contributed by atoms with Gasteiger partial charge in [0.05, 0.1) is 12.1 Å². The summed E-state index contributed by atoms with van der Waals surface area (Å²) in [7, 11) is 0. The Balaban J connectivity index is 1.26. The lowest BCUT2D eigenvalue weighted by Gasteiger charge is -2.12. The molecule has 2 heterocycles. The molecule has 0 fully saturated rings. The first-order valence-electron chi connectivity index (χ1n) is 9.51. The quantitative estimate of drug-likeness (QED) is 0.412. The second-order valence-electron chi connectivity index (χ2n) is 6.58. The zero-order valence-corrected chi connectivity index (χ0v) is 18.0. The zero-order chi connectivity index (χ0) is 21.5. The van der Waals surface area contributed by atoms with E-state index >= 15 is 0 Å². The highest BCUT2D eigenvalue weighted by molar-refractivity contribution is 7.14. The first-order valence-corrected chi connectivity index (χ1v) is 11.3. The van der Waals surface area contributed by atoms with Gasteiger partial charge in [0.1, 0.15) is 10.8 Å². The Labute approximate surface area is 187 Å². The minimum absolute atomic E-state index is 0.0820. The van der Waals surface area contributed by atoms with Crippen LogP contribution >= 0.6 is 22.7 Å². The third-order valence-corrected chi connectivity index (χ3v) is 5.96. The van der Waals surface area contributed by atoms with Gasteiger partial charge in [-0.15, -0.1) is 11.3 Å². The molecule has 2 aromatic carbocycles. The number of carbonyl (C=O) groups is 2. The van der Waals surface area contributed by atoms with E-state index in [1.54, 1.807) is 11.3 Å². The van der Waals surface area contributed by atoms with Gasteiger partial charge in [-0.1, -0.05) is 48.5 Å². The third kappa shape index (κ3) is 5.56. The number of nitrogens with zero attached hydrogens (tertiary/aromatic N) is 1. The molecule has 2 aromatic heterocycles. The summed E-state index contributed by atoms with van der Waals surface area (Å²) in [6, 6.07) is 19.3. The van der Waals surface area contributed by atoms with Crippen LogP contribution in [0.4, 0.5) is 0 Å². The molecule has 8 heteroatoms. The minimum Gasteiger partial charge on any atom is -0.483 e. The van der Waals surface area contributed by atoms with Crippen molar-refractivity contribution in [3.05, 3.63) is 82.5 Å². The van der Waals surface area contributed by atoms with Crippen molar-refractivity contribution < 1.29 is 14.3 Å². The summed E-state index contributed by atoms with van der Waals surface area (Å²) in [6.45, 7) is -0.219. The minimum atomic E-state index is -0.451. The van der Waals surface area contributed by atoms with E-state index < -0.39 is 5.91 Å². The maximum Gasteiger partial charge on any atom is 0.276 e. The Kier molecular flexibility index (Phi) is 6.71. The average Bonchev–Trinajstić information content (AvgIpc) is 3.49. The largest absolute Gasteiger partial charge is 0.483 e. The Bertz CT molecular complexity index is 1160. The summed E-state index contributed by atoms with van der Waals surface area (Å²) in [5.74, 6) is -0.202. The van der Waals surface area contributed by atoms with Crippen molar-refractivity contribution in [2.45, 2.75) is 6.42 Å². The molecule has 2 amide bonds. The SMILES string of the molecule is O=C(COc1ccccc1-c1ccccc1)NNC(=O)Cc1csc(-c2ccsc2)n1. The molecule has 4 rings (SSSR count). The highest BCUT2D eigenvalue weighted by Crippen LogP contribution is 2.29.